The van der Waals surface area contributed by atoms with Crippen LogP contribution in [0.25, 0.3) is 10.2 Å². The first-order valence-corrected chi connectivity index (χ1v) is 11.1. The zero-order valence-electron chi connectivity index (χ0n) is 15.7. The predicted molar refractivity (Wildman–Crippen MR) is 117 cm³/mol. The lowest BCUT2D eigenvalue weighted by molar-refractivity contribution is -0.117. The summed E-state index contributed by atoms with van der Waals surface area (Å²) in [6.45, 7) is 4.77. The zero-order valence-corrected chi connectivity index (χ0v) is 17.3. The van der Waals surface area contributed by atoms with Crippen LogP contribution in [0.1, 0.15) is 23.2 Å². The highest BCUT2D eigenvalue weighted by Crippen LogP contribution is 2.24. The van der Waals surface area contributed by atoms with Crippen LogP contribution < -0.4 is 10.5 Å². The normalized spacial score (nSPS) is 13.9. The lowest BCUT2D eigenvalue weighted by Crippen LogP contribution is -2.23. The van der Waals surface area contributed by atoms with E-state index in [4.69, 9.17) is 0 Å². The Kier molecular flexibility index (Phi) is 5.64. The van der Waals surface area contributed by atoms with E-state index in [1.807, 2.05) is 23.6 Å². The second-order valence-corrected chi connectivity index (χ2v) is 8.50. The molecule has 8 heteroatoms. The molecule has 0 atom stereocenters. The van der Waals surface area contributed by atoms with Crippen molar-refractivity contribution in [1.82, 2.24) is 9.55 Å². The number of thiophene rings is 1. The van der Waals surface area contributed by atoms with E-state index in [-0.39, 0.29) is 23.0 Å². The molecule has 0 aliphatic carbocycles. The highest BCUT2D eigenvalue weighted by atomic mass is 32.2. The molecule has 3 heterocycles. The Morgan fingerprint density at radius 2 is 2.03 bits per heavy atom. The summed E-state index contributed by atoms with van der Waals surface area (Å²) in [7, 11) is 0. The number of fused-ring (bicyclic) bond motifs is 1. The maximum absolute atomic E-state index is 12.7. The van der Waals surface area contributed by atoms with Gasteiger partial charge in [-0.1, -0.05) is 17.8 Å². The molecule has 0 bridgehead atoms. The Balaban J connectivity index is 1.51. The number of Topliss-reactive ketones (excluding diaryl/α,β-unsaturated/α-hetero) is 1. The van der Waals surface area contributed by atoms with E-state index < -0.39 is 0 Å². The molecule has 0 N–H and O–H groups in total. The first-order valence-electron chi connectivity index (χ1n) is 9.24. The van der Waals surface area contributed by atoms with Crippen molar-refractivity contribution in [3.63, 3.8) is 0 Å². The van der Waals surface area contributed by atoms with Gasteiger partial charge in [0.25, 0.3) is 5.56 Å². The fourth-order valence-electron chi connectivity index (χ4n) is 3.29. The second-order valence-electron chi connectivity index (χ2n) is 6.64. The molecule has 1 saturated heterocycles. The number of allylic oxidation sites excluding steroid dienone is 1. The molecule has 29 heavy (non-hydrogen) atoms. The molecule has 6 nitrogen and oxygen atoms in total. The Morgan fingerprint density at radius 3 is 2.72 bits per heavy atom. The molecule has 3 aromatic rings. The number of carbonyl (C=O) groups is 2. The Bertz CT molecular complexity index is 1150. The number of carbonyl (C=O) groups excluding carboxylic acids is 2. The lowest BCUT2D eigenvalue weighted by atomic mass is 10.1. The standard InChI is InChI=1S/C21H19N3O3S2/c1-2-10-24-20(27)19-16(9-12-28-19)22-21(24)29-13-17(25)14-5-7-15(8-6-14)23-11-3-4-18(23)26/h2,5-9,12H,1,3-4,10-11,13H2. The summed E-state index contributed by atoms with van der Waals surface area (Å²) in [4.78, 5) is 43.5. The minimum atomic E-state index is -0.112. The molecule has 1 aliphatic rings. The Hall–Kier alpha value is -2.71. The smallest absolute Gasteiger partial charge is 0.272 e. The van der Waals surface area contributed by atoms with E-state index in [0.717, 1.165) is 18.7 Å². The Morgan fingerprint density at radius 1 is 1.24 bits per heavy atom. The van der Waals surface area contributed by atoms with E-state index in [0.29, 0.717) is 33.9 Å². The van der Waals surface area contributed by atoms with Crippen molar-refractivity contribution in [2.75, 3.05) is 17.2 Å². The van der Waals surface area contributed by atoms with E-state index in [9.17, 15) is 14.4 Å². The average Bonchev–Trinajstić information content (AvgIpc) is 3.37. The van der Waals surface area contributed by atoms with Gasteiger partial charge in [0.2, 0.25) is 5.91 Å². The van der Waals surface area contributed by atoms with Crippen LogP contribution in [0.3, 0.4) is 0 Å². The molecule has 1 amide bonds. The zero-order chi connectivity index (χ0) is 20.4. The van der Waals surface area contributed by atoms with Gasteiger partial charge in [0.1, 0.15) is 4.70 Å². The lowest BCUT2D eigenvalue weighted by Gasteiger charge is -2.15. The summed E-state index contributed by atoms with van der Waals surface area (Å²) in [5.41, 5.74) is 1.93. The fraction of sp³-hybridized carbons (Fsp3) is 0.238. The number of benzene rings is 1. The van der Waals surface area contributed by atoms with Gasteiger partial charge < -0.3 is 4.90 Å². The van der Waals surface area contributed by atoms with Crippen molar-refractivity contribution < 1.29 is 9.59 Å². The molecular formula is C21H19N3O3S2. The summed E-state index contributed by atoms with van der Waals surface area (Å²) in [5, 5.41) is 2.34. The molecule has 1 aromatic carbocycles. The number of hydrogen-bond acceptors (Lipinski definition) is 6. The van der Waals surface area contributed by atoms with Crippen molar-refractivity contribution in [1.29, 1.82) is 0 Å². The van der Waals surface area contributed by atoms with Crippen LogP contribution in [0, 0.1) is 0 Å². The van der Waals surface area contributed by atoms with Gasteiger partial charge in [-0.2, -0.15) is 0 Å². The van der Waals surface area contributed by atoms with Crippen LogP contribution in [0.4, 0.5) is 5.69 Å². The van der Waals surface area contributed by atoms with Crippen LogP contribution in [0.5, 0.6) is 0 Å². The molecule has 1 aliphatic heterocycles. The van der Waals surface area contributed by atoms with Crippen molar-refractivity contribution in [2.45, 2.75) is 24.5 Å². The second kappa shape index (κ2) is 8.34. The van der Waals surface area contributed by atoms with Crippen molar-refractivity contribution >= 4 is 50.7 Å². The summed E-state index contributed by atoms with van der Waals surface area (Å²) in [6, 6.07) is 8.92. The maximum atomic E-state index is 12.7. The number of anilines is 1. The fourth-order valence-corrected chi connectivity index (χ4v) is 4.97. The van der Waals surface area contributed by atoms with E-state index in [1.165, 1.54) is 23.1 Å². The molecule has 2 aromatic heterocycles. The van der Waals surface area contributed by atoms with Crippen LogP contribution in [0.15, 0.2) is 58.3 Å². The van der Waals surface area contributed by atoms with Gasteiger partial charge in [-0.3, -0.25) is 19.0 Å². The average molecular weight is 426 g/mol. The summed E-state index contributed by atoms with van der Waals surface area (Å²) in [5.74, 6) is 0.232. The van der Waals surface area contributed by atoms with Gasteiger partial charge in [-0.05, 0) is 42.1 Å². The third kappa shape index (κ3) is 3.90. The summed E-state index contributed by atoms with van der Waals surface area (Å²) >= 11 is 2.61. The van der Waals surface area contributed by atoms with Gasteiger partial charge in [0.15, 0.2) is 10.9 Å². The summed E-state index contributed by atoms with van der Waals surface area (Å²) < 4.78 is 2.15. The number of hydrogen-bond donors (Lipinski definition) is 0. The SMILES string of the molecule is C=CCn1c(SCC(=O)c2ccc(N3CCCC3=O)cc2)nc2ccsc2c1=O. The van der Waals surface area contributed by atoms with Gasteiger partial charge in [0, 0.05) is 30.8 Å². The molecule has 0 radical (unpaired) electrons. The van der Waals surface area contributed by atoms with Crippen LogP contribution in [-0.4, -0.2) is 33.5 Å². The van der Waals surface area contributed by atoms with Gasteiger partial charge >= 0.3 is 0 Å². The molecule has 0 saturated carbocycles. The van der Waals surface area contributed by atoms with Gasteiger partial charge in [-0.25, -0.2) is 4.98 Å². The number of amides is 1. The molecule has 1 fully saturated rings. The first kappa shape index (κ1) is 19.6. The molecule has 4 rings (SSSR count). The van der Waals surface area contributed by atoms with Gasteiger partial charge in [0.05, 0.1) is 11.3 Å². The quantitative estimate of drug-likeness (QED) is 0.250. The van der Waals surface area contributed by atoms with E-state index in [2.05, 4.69) is 11.6 Å². The minimum absolute atomic E-state index is 0.0564. The number of rotatable bonds is 7. The van der Waals surface area contributed by atoms with Crippen LogP contribution in [0.2, 0.25) is 0 Å². The predicted octanol–water partition coefficient (Wildman–Crippen LogP) is 3.75. The molecule has 0 spiro atoms. The van der Waals surface area contributed by atoms with Crippen LogP contribution >= 0.6 is 23.1 Å². The Labute approximate surface area is 175 Å². The molecule has 0 unspecified atom stereocenters. The highest BCUT2D eigenvalue weighted by Gasteiger charge is 2.22. The van der Waals surface area contributed by atoms with Crippen LogP contribution in [-0.2, 0) is 11.3 Å². The van der Waals surface area contributed by atoms with Crippen molar-refractivity contribution in [2.24, 2.45) is 0 Å². The number of ketones is 1. The number of aromatic nitrogens is 2. The monoisotopic (exact) mass is 425 g/mol. The van der Waals surface area contributed by atoms with Crippen molar-refractivity contribution in [3.05, 3.63) is 64.3 Å². The third-order valence-electron chi connectivity index (χ3n) is 4.75. The van der Waals surface area contributed by atoms with E-state index in [1.54, 1.807) is 27.7 Å². The minimum Gasteiger partial charge on any atom is -0.312 e. The third-order valence-corrected chi connectivity index (χ3v) is 6.62. The van der Waals surface area contributed by atoms with E-state index >= 15 is 0 Å². The molecule has 148 valence electrons. The highest BCUT2D eigenvalue weighted by molar-refractivity contribution is 7.99. The summed E-state index contributed by atoms with van der Waals surface area (Å²) in [6.07, 6.45) is 3.09. The number of thioether (sulfide) groups is 1. The topological polar surface area (TPSA) is 72.3 Å². The van der Waals surface area contributed by atoms with Crippen molar-refractivity contribution in [3.8, 4) is 0 Å². The number of nitrogens with zero attached hydrogens (tertiary/aromatic N) is 3. The van der Waals surface area contributed by atoms with Gasteiger partial charge in [-0.15, -0.1) is 17.9 Å². The molecular weight excluding hydrogens is 406 g/mol. The first-order chi connectivity index (χ1) is 14.1. The maximum Gasteiger partial charge on any atom is 0.272 e. The largest absolute Gasteiger partial charge is 0.312 e.